The van der Waals surface area contributed by atoms with Crippen LogP contribution in [0.2, 0.25) is 0 Å². The van der Waals surface area contributed by atoms with Crippen molar-refractivity contribution in [3.8, 4) is 0 Å². The molecule has 0 spiro atoms. The van der Waals surface area contributed by atoms with E-state index in [0.717, 1.165) is 18.1 Å². The SMILES string of the molecule is O=CC1=C[C@H]2C1[C@H]1C=C[C@]12C=O. The smallest absolute Gasteiger partial charge is 0.146 e. The monoisotopic (exact) mass is 160 g/mol. The van der Waals surface area contributed by atoms with Gasteiger partial charge in [-0.15, -0.1) is 0 Å². The van der Waals surface area contributed by atoms with Crippen LogP contribution >= 0.6 is 0 Å². The second-order valence-corrected chi connectivity index (χ2v) is 3.84. The van der Waals surface area contributed by atoms with E-state index in [1.807, 2.05) is 18.2 Å². The Bertz CT molecular complexity index is 340. The first-order chi connectivity index (χ1) is 5.83. The van der Waals surface area contributed by atoms with Crippen LogP contribution in [0.4, 0.5) is 0 Å². The molecule has 0 aromatic rings. The maximum Gasteiger partial charge on any atom is 0.146 e. The van der Waals surface area contributed by atoms with Crippen molar-refractivity contribution in [3.63, 3.8) is 0 Å². The second kappa shape index (κ2) is 1.60. The molecule has 0 aromatic heterocycles. The first-order valence-corrected chi connectivity index (χ1v) is 4.16. The maximum atomic E-state index is 10.8. The van der Waals surface area contributed by atoms with Crippen molar-refractivity contribution < 1.29 is 9.59 Å². The minimum Gasteiger partial charge on any atom is -0.302 e. The number of carbonyl (C=O) groups is 2. The van der Waals surface area contributed by atoms with Crippen LogP contribution in [0, 0.1) is 23.2 Å². The molecule has 0 radical (unpaired) electrons. The van der Waals surface area contributed by atoms with Crippen LogP contribution in [0.5, 0.6) is 0 Å². The Morgan fingerprint density at radius 3 is 2.58 bits per heavy atom. The average molecular weight is 160 g/mol. The van der Waals surface area contributed by atoms with Gasteiger partial charge >= 0.3 is 0 Å². The number of carbonyl (C=O) groups excluding carboxylic acids is 2. The summed E-state index contributed by atoms with van der Waals surface area (Å²) in [5.41, 5.74) is 0.698. The number of aldehydes is 2. The Balaban J connectivity index is 2.00. The molecule has 1 fully saturated rings. The number of fused-ring (bicyclic) bond motifs is 4. The molecule has 0 aliphatic heterocycles. The van der Waals surface area contributed by atoms with E-state index in [0.29, 0.717) is 17.8 Å². The molecule has 60 valence electrons. The first kappa shape index (κ1) is 6.35. The Morgan fingerprint density at radius 1 is 1.33 bits per heavy atom. The summed E-state index contributed by atoms with van der Waals surface area (Å²) in [5.74, 6) is 1.05. The summed E-state index contributed by atoms with van der Waals surface area (Å²) < 4.78 is 0. The molecule has 0 amide bonds. The second-order valence-electron chi connectivity index (χ2n) is 3.84. The lowest BCUT2D eigenvalue weighted by molar-refractivity contribution is -0.136. The van der Waals surface area contributed by atoms with Crippen molar-refractivity contribution in [2.24, 2.45) is 23.2 Å². The Labute approximate surface area is 70.0 Å². The molecule has 2 heteroatoms. The minimum atomic E-state index is -0.197. The van der Waals surface area contributed by atoms with Gasteiger partial charge in [0.1, 0.15) is 12.6 Å². The van der Waals surface area contributed by atoms with Crippen molar-refractivity contribution in [2.45, 2.75) is 0 Å². The average Bonchev–Trinajstić information content (AvgIpc) is 2.05. The molecular formula is C10H8O2. The molecule has 0 bridgehead atoms. The van der Waals surface area contributed by atoms with Crippen molar-refractivity contribution >= 4 is 12.6 Å². The van der Waals surface area contributed by atoms with Crippen molar-refractivity contribution in [1.29, 1.82) is 0 Å². The molecule has 0 saturated heterocycles. The van der Waals surface area contributed by atoms with E-state index in [1.54, 1.807) is 0 Å². The fourth-order valence-electron chi connectivity index (χ4n) is 2.79. The van der Waals surface area contributed by atoms with Crippen LogP contribution in [0.1, 0.15) is 0 Å². The van der Waals surface area contributed by atoms with Crippen LogP contribution < -0.4 is 0 Å². The summed E-state index contributed by atoms with van der Waals surface area (Å²) in [4.78, 5) is 21.3. The van der Waals surface area contributed by atoms with Gasteiger partial charge in [-0.05, 0) is 5.57 Å². The maximum absolute atomic E-state index is 10.8. The molecule has 3 aliphatic rings. The van der Waals surface area contributed by atoms with Gasteiger partial charge in [-0.25, -0.2) is 0 Å². The van der Waals surface area contributed by atoms with E-state index in [9.17, 15) is 9.59 Å². The van der Waals surface area contributed by atoms with E-state index in [-0.39, 0.29) is 5.41 Å². The molecule has 4 atom stereocenters. The Hall–Kier alpha value is -1.18. The Kier molecular flexibility index (Phi) is 0.849. The van der Waals surface area contributed by atoms with E-state index in [2.05, 4.69) is 0 Å². The quantitative estimate of drug-likeness (QED) is 0.441. The van der Waals surface area contributed by atoms with Gasteiger partial charge < -0.3 is 4.79 Å². The molecule has 2 nitrogen and oxygen atoms in total. The van der Waals surface area contributed by atoms with Gasteiger partial charge in [0, 0.05) is 17.8 Å². The predicted molar refractivity (Wildman–Crippen MR) is 42.3 cm³/mol. The van der Waals surface area contributed by atoms with E-state index in [4.69, 9.17) is 0 Å². The van der Waals surface area contributed by atoms with Crippen molar-refractivity contribution in [3.05, 3.63) is 23.8 Å². The summed E-state index contributed by atoms with van der Waals surface area (Å²) in [6, 6.07) is 0. The summed E-state index contributed by atoms with van der Waals surface area (Å²) in [6.07, 6.45) is 7.92. The van der Waals surface area contributed by atoms with Crippen LogP contribution in [-0.2, 0) is 9.59 Å². The third-order valence-corrected chi connectivity index (χ3v) is 3.62. The van der Waals surface area contributed by atoms with E-state index in [1.165, 1.54) is 0 Å². The molecule has 0 N–H and O–H groups in total. The fourth-order valence-corrected chi connectivity index (χ4v) is 2.79. The van der Waals surface area contributed by atoms with Gasteiger partial charge in [-0.1, -0.05) is 18.2 Å². The van der Waals surface area contributed by atoms with Crippen molar-refractivity contribution in [1.82, 2.24) is 0 Å². The zero-order valence-electron chi connectivity index (χ0n) is 6.44. The zero-order chi connectivity index (χ0) is 8.34. The first-order valence-electron chi connectivity index (χ1n) is 4.16. The van der Waals surface area contributed by atoms with Crippen LogP contribution in [0.25, 0.3) is 0 Å². The molecule has 1 saturated carbocycles. The van der Waals surface area contributed by atoms with Crippen LogP contribution in [0.15, 0.2) is 23.8 Å². The van der Waals surface area contributed by atoms with Gasteiger partial charge in [0.2, 0.25) is 0 Å². The number of hydrogen-bond donors (Lipinski definition) is 0. The summed E-state index contributed by atoms with van der Waals surface area (Å²) in [5, 5.41) is 0. The number of rotatable bonds is 2. The van der Waals surface area contributed by atoms with Crippen molar-refractivity contribution in [2.75, 3.05) is 0 Å². The van der Waals surface area contributed by atoms with E-state index < -0.39 is 0 Å². The lowest BCUT2D eigenvalue weighted by Crippen LogP contribution is -2.64. The van der Waals surface area contributed by atoms with Gasteiger partial charge in [0.05, 0.1) is 5.41 Å². The molecule has 12 heavy (non-hydrogen) atoms. The highest BCUT2D eigenvalue weighted by atomic mass is 16.1. The molecule has 3 aliphatic carbocycles. The highest BCUT2D eigenvalue weighted by Gasteiger charge is 2.67. The highest BCUT2D eigenvalue weighted by Crippen LogP contribution is 2.68. The normalized spacial score (nSPS) is 51.7. The minimum absolute atomic E-state index is 0.197. The summed E-state index contributed by atoms with van der Waals surface area (Å²) in [7, 11) is 0. The summed E-state index contributed by atoms with van der Waals surface area (Å²) in [6.45, 7) is 0. The van der Waals surface area contributed by atoms with Crippen LogP contribution in [-0.4, -0.2) is 12.6 Å². The standard InChI is InChI=1S/C10H8O2/c11-4-6-3-8-9(6)7-1-2-10(7,8)5-12/h1-5,7-9H/t7-,8+,9?,10+/m1/s1. The largest absolute Gasteiger partial charge is 0.302 e. The third kappa shape index (κ3) is 0.377. The number of hydrogen-bond acceptors (Lipinski definition) is 2. The number of allylic oxidation sites excluding steroid dienone is 4. The predicted octanol–water partition coefficient (Wildman–Crippen LogP) is 0.743. The zero-order valence-corrected chi connectivity index (χ0v) is 6.44. The lowest BCUT2D eigenvalue weighted by Gasteiger charge is -2.65. The van der Waals surface area contributed by atoms with Crippen LogP contribution in [0.3, 0.4) is 0 Å². The lowest BCUT2D eigenvalue weighted by atomic mass is 9.36. The summed E-state index contributed by atoms with van der Waals surface area (Å²) >= 11 is 0. The topological polar surface area (TPSA) is 34.1 Å². The van der Waals surface area contributed by atoms with Gasteiger partial charge in [0.15, 0.2) is 0 Å². The van der Waals surface area contributed by atoms with E-state index >= 15 is 0 Å². The molecule has 0 heterocycles. The molecular weight excluding hydrogens is 152 g/mol. The highest BCUT2D eigenvalue weighted by molar-refractivity contribution is 5.84. The van der Waals surface area contributed by atoms with Gasteiger partial charge in [-0.2, -0.15) is 0 Å². The molecule has 0 aromatic carbocycles. The molecule has 1 unspecified atom stereocenters. The fraction of sp³-hybridized carbons (Fsp3) is 0.400. The molecule has 3 rings (SSSR count). The Morgan fingerprint density at radius 2 is 2.17 bits per heavy atom. The van der Waals surface area contributed by atoms with Gasteiger partial charge in [0.25, 0.3) is 0 Å². The van der Waals surface area contributed by atoms with Gasteiger partial charge in [-0.3, -0.25) is 4.79 Å². The third-order valence-electron chi connectivity index (χ3n) is 3.62.